The van der Waals surface area contributed by atoms with Crippen LogP contribution in [0.3, 0.4) is 0 Å². The van der Waals surface area contributed by atoms with Crippen molar-refractivity contribution in [2.75, 3.05) is 0 Å². The van der Waals surface area contributed by atoms with Gasteiger partial charge < -0.3 is 4.40 Å². The predicted molar refractivity (Wildman–Crippen MR) is 131 cm³/mol. The molecule has 0 spiro atoms. The molecule has 0 amide bonds. The Kier molecular flexibility index (Phi) is 3.26. The van der Waals surface area contributed by atoms with Crippen molar-refractivity contribution in [1.82, 2.24) is 4.40 Å². The first-order chi connectivity index (χ1) is 15.7. The van der Waals surface area contributed by atoms with Crippen LogP contribution in [0.4, 0.5) is 5.69 Å². The van der Waals surface area contributed by atoms with Crippen LogP contribution >= 0.6 is 0 Å². The van der Waals surface area contributed by atoms with E-state index in [1.807, 2.05) is 36.4 Å². The predicted octanol–water partition coefficient (Wildman–Crippen LogP) is 7.57. The second kappa shape index (κ2) is 6.05. The lowest BCUT2D eigenvalue weighted by Gasteiger charge is -2.09. The molecule has 0 saturated carbocycles. The van der Waals surface area contributed by atoms with E-state index in [1.54, 1.807) is 6.07 Å². The molecule has 0 N–H and O–H groups in total. The van der Waals surface area contributed by atoms with Crippen LogP contribution in [0.5, 0.6) is 0 Å². The standard InChI is InChI=1S/C28H16N2O2/c31-30(32)26-15-12-17-6-1-2-7-19(17)27(26)18-13-14-25-23(16-18)22-10-5-9-21-20-8-3-4-11-24(20)29(25)28(21)22/h1-16H. The average Bonchev–Trinajstić information content (AvgIpc) is 3.35. The number of para-hydroxylation sites is 2. The molecule has 0 aliphatic heterocycles. The number of hydrogen-bond donors (Lipinski definition) is 0. The van der Waals surface area contributed by atoms with E-state index in [1.165, 1.54) is 27.2 Å². The Hall–Kier alpha value is -4.44. The van der Waals surface area contributed by atoms with Crippen molar-refractivity contribution < 1.29 is 4.92 Å². The zero-order valence-corrected chi connectivity index (χ0v) is 16.9. The lowest BCUT2D eigenvalue weighted by Crippen LogP contribution is -1.93. The molecule has 0 fully saturated rings. The summed E-state index contributed by atoms with van der Waals surface area (Å²) in [4.78, 5) is 11.6. The van der Waals surface area contributed by atoms with Gasteiger partial charge in [-0.2, -0.15) is 0 Å². The normalized spacial score (nSPS) is 12.0. The maximum absolute atomic E-state index is 11.9. The molecule has 7 aromatic rings. The van der Waals surface area contributed by atoms with Crippen molar-refractivity contribution in [2.45, 2.75) is 0 Å². The summed E-state index contributed by atoms with van der Waals surface area (Å²) in [6.07, 6.45) is 0. The maximum Gasteiger partial charge on any atom is 0.277 e. The van der Waals surface area contributed by atoms with Gasteiger partial charge in [0.1, 0.15) is 0 Å². The zero-order valence-electron chi connectivity index (χ0n) is 16.9. The van der Waals surface area contributed by atoms with E-state index in [4.69, 9.17) is 0 Å². The number of benzene rings is 5. The van der Waals surface area contributed by atoms with Gasteiger partial charge in [-0.3, -0.25) is 10.1 Å². The fourth-order valence-corrected chi connectivity index (χ4v) is 5.30. The van der Waals surface area contributed by atoms with E-state index in [9.17, 15) is 10.1 Å². The Labute approximate surface area is 182 Å². The van der Waals surface area contributed by atoms with E-state index in [-0.39, 0.29) is 10.6 Å². The highest BCUT2D eigenvalue weighted by molar-refractivity contribution is 6.23. The van der Waals surface area contributed by atoms with Crippen LogP contribution in [-0.2, 0) is 0 Å². The molecule has 4 nitrogen and oxygen atoms in total. The lowest BCUT2D eigenvalue weighted by atomic mass is 9.95. The molecule has 0 atom stereocenters. The van der Waals surface area contributed by atoms with Crippen molar-refractivity contribution in [3.05, 3.63) is 107 Å². The molecule has 150 valence electrons. The highest BCUT2D eigenvalue weighted by Crippen LogP contribution is 2.42. The molecular weight excluding hydrogens is 396 g/mol. The minimum absolute atomic E-state index is 0.130. The van der Waals surface area contributed by atoms with Crippen molar-refractivity contribution in [3.63, 3.8) is 0 Å². The summed E-state index contributed by atoms with van der Waals surface area (Å²) in [5.74, 6) is 0. The molecule has 0 aliphatic rings. The number of aromatic nitrogens is 1. The fraction of sp³-hybridized carbons (Fsp3) is 0. The van der Waals surface area contributed by atoms with E-state index >= 15 is 0 Å². The molecule has 32 heavy (non-hydrogen) atoms. The van der Waals surface area contributed by atoms with Gasteiger partial charge >= 0.3 is 0 Å². The van der Waals surface area contributed by atoms with Crippen molar-refractivity contribution in [2.24, 2.45) is 0 Å². The summed E-state index contributed by atoms with van der Waals surface area (Å²) in [5.41, 5.74) is 5.16. The number of nitrogens with zero attached hydrogens (tertiary/aromatic N) is 2. The summed E-state index contributed by atoms with van der Waals surface area (Å²) < 4.78 is 2.32. The smallest absolute Gasteiger partial charge is 0.277 e. The number of hydrogen-bond acceptors (Lipinski definition) is 2. The van der Waals surface area contributed by atoms with E-state index in [0.717, 1.165) is 27.2 Å². The maximum atomic E-state index is 11.9. The van der Waals surface area contributed by atoms with Crippen molar-refractivity contribution >= 4 is 54.6 Å². The molecule has 0 unspecified atom stereocenters. The zero-order chi connectivity index (χ0) is 21.4. The van der Waals surface area contributed by atoms with Crippen molar-refractivity contribution in [3.8, 4) is 11.1 Å². The minimum atomic E-state index is -0.285. The van der Waals surface area contributed by atoms with Crippen LogP contribution in [0.25, 0.3) is 60.0 Å². The highest BCUT2D eigenvalue weighted by Gasteiger charge is 2.21. The van der Waals surface area contributed by atoms with Crippen molar-refractivity contribution in [1.29, 1.82) is 0 Å². The Morgan fingerprint density at radius 1 is 0.625 bits per heavy atom. The van der Waals surface area contributed by atoms with Gasteiger partial charge in [0.15, 0.2) is 0 Å². The van der Waals surface area contributed by atoms with Gasteiger partial charge in [0.25, 0.3) is 5.69 Å². The summed E-state index contributed by atoms with van der Waals surface area (Å²) in [7, 11) is 0. The molecule has 4 heteroatoms. The molecule has 0 radical (unpaired) electrons. The first-order valence-electron chi connectivity index (χ1n) is 10.6. The highest BCUT2D eigenvalue weighted by atomic mass is 16.6. The Balaban J connectivity index is 1.64. The molecule has 0 saturated heterocycles. The summed E-state index contributed by atoms with van der Waals surface area (Å²) in [5, 5.41) is 18.5. The van der Waals surface area contributed by atoms with Gasteiger partial charge in [-0.1, -0.05) is 66.7 Å². The Bertz CT molecular complexity index is 1860. The SMILES string of the molecule is O=[N+]([O-])c1ccc2ccccc2c1-c1ccc2c(c1)c1cccc3c4ccccc4n2c31. The Morgan fingerprint density at radius 2 is 1.31 bits per heavy atom. The van der Waals surface area contributed by atoms with Gasteiger partial charge in [-0.25, -0.2) is 0 Å². The van der Waals surface area contributed by atoms with E-state index < -0.39 is 0 Å². The van der Waals surface area contributed by atoms with Gasteiger partial charge in [-0.05, 0) is 40.6 Å². The number of nitro benzene ring substituents is 1. The fourth-order valence-electron chi connectivity index (χ4n) is 5.30. The van der Waals surface area contributed by atoms with Gasteiger partial charge in [0.05, 0.1) is 27.0 Å². The summed E-state index contributed by atoms with van der Waals surface area (Å²) in [6, 6.07) is 32.4. The van der Waals surface area contributed by atoms with Crippen LogP contribution in [0.1, 0.15) is 0 Å². The molecule has 2 aromatic heterocycles. The van der Waals surface area contributed by atoms with Crippen LogP contribution in [-0.4, -0.2) is 9.32 Å². The minimum Gasteiger partial charge on any atom is -0.308 e. The van der Waals surface area contributed by atoms with Crippen LogP contribution < -0.4 is 0 Å². The lowest BCUT2D eigenvalue weighted by molar-refractivity contribution is -0.384. The molecule has 0 bridgehead atoms. The number of nitro groups is 1. The topological polar surface area (TPSA) is 47.5 Å². The van der Waals surface area contributed by atoms with Gasteiger partial charge in [0.2, 0.25) is 0 Å². The molecular formula is C28H16N2O2. The van der Waals surface area contributed by atoms with E-state index in [0.29, 0.717) is 5.56 Å². The van der Waals surface area contributed by atoms with Gasteiger partial charge in [-0.15, -0.1) is 0 Å². The number of fused-ring (bicyclic) bond motifs is 7. The molecule has 7 rings (SSSR count). The third-order valence-corrected chi connectivity index (χ3v) is 6.61. The molecule has 5 aromatic carbocycles. The average molecular weight is 412 g/mol. The first kappa shape index (κ1) is 17.3. The second-order valence-corrected chi connectivity index (χ2v) is 8.22. The quantitative estimate of drug-likeness (QED) is 0.217. The third kappa shape index (κ3) is 2.11. The molecule has 0 aliphatic carbocycles. The van der Waals surface area contributed by atoms with E-state index in [2.05, 4.69) is 59.0 Å². The summed E-state index contributed by atoms with van der Waals surface area (Å²) >= 11 is 0. The second-order valence-electron chi connectivity index (χ2n) is 8.22. The summed E-state index contributed by atoms with van der Waals surface area (Å²) in [6.45, 7) is 0. The monoisotopic (exact) mass is 412 g/mol. The van der Waals surface area contributed by atoms with Crippen LogP contribution in [0.2, 0.25) is 0 Å². The first-order valence-corrected chi connectivity index (χ1v) is 10.6. The largest absolute Gasteiger partial charge is 0.308 e. The van der Waals surface area contributed by atoms with Gasteiger partial charge in [0, 0.05) is 27.6 Å². The van der Waals surface area contributed by atoms with Crippen LogP contribution in [0.15, 0.2) is 97.1 Å². The molecule has 2 heterocycles. The third-order valence-electron chi connectivity index (χ3n) is 6.61. The Morgan fingerprint density at radius 3 is 2.16 bits per heavy atom. The number of rotatable bonds is 2. The van der Waals surface area contributed by atoms with Crippen LogP contribution in [0, 0.1) is 10.1 Å².